The Bertz CT molecular complexity index is 595. The molecule has 2 rings (SSSR count). The van der Waals surface area contributed by atoms with Gasteiger partial charge >= 0.3 is 0 Å². The van der Waals surface area contributed by atoms with Crippen LogP contribution in [0.15, 0.2) is 41.0 Å². The van der Waals surface area contributed by atoms with Crippen LogP contribution in [0.5, 0.6) is 11.6 Å². The van der Waals surface area contributed by atoms with Gasteiger partial charge in [0.2, 0.25) is 0 Å². The molecule has 0 saturated carbocycles. The molecule has 0 aliphatic rings. The van der Waals surface area contributed by atoms with Crippen LogP contribution in [0.3, 0.4) is 0 Å². The summed E-state index contributed by atoms with van der Waals surface area (Å²) in [4.78, 5) is 3.79. The van der Waals surface area contributed by atoms with Crippen LogP contribution in [-0.4, -0.2) is 4.98 Å². The number of halogens is 2. The third kappa shape index (κ3) is 2.60. The lowest BCUT2D eigenvalue weighted by Crippen LogP contribution is -1.93. The van der Waals surface area contributed by atoms with Crippen LogP contribution in [-0.2, 0) is 0 Å². The normalized spacial score (nSPS) is 9.71. The number of nitrogens with zero attached hydrogens (tertiary/aromatic N) is 2. The summed E-state index contributed by atoms with van der Waals surface area (Å²) < 4.78 is 19.3. The van der Waals surface area contributed by atoms with E-state index in [1.54, 1.807) is 24.3 Å². The van der Waals surface area contributed by atoms with E-state index in [4.69, 9.17) is 10.00 Å². The zero-order valence-electron chi connectivity index (χ0n) is 8.52. The quantitative estimate of drug-likeness (QED) is 0.849. The molecular weight excluding hydrogens is 287 g/mol. The zero-order valence-corrected chi connectivity index (χ0v) is 10.1. The Morgan fingerprint density at radius 3 is 2.82 bits per heavy atom. The fourth-order valence-electron chi connectivity index (χ4n) is 1.23. The van der Waals surface area contributed by atoms with Crippen molar-refractivity contribution < 1.29 is 9.13 Å². The topological polar surface area (TPSA) is 45.9 Å². The molecule has 1 aromatic heterocycles. The van der Waals surface area contributed by atoms with Gasteiger partial charge in [0.1, 0.15) is 11.8 Å². The number of nitriles is 1. The molecule has 0 atom stereocenters. The van der Waals surface area contributed by atoms with Crippen LogP contribution in [0.25, 0.3) is 0 Å². The van der Waals surface area contributed by atoms with Gasteiger partial charge in [0, 0.05) is 10.7 Å². The van der Waals surface area contributed by atoms with E-state index in [0.29, 0.717) is 10.0 Å². The first-order valence-corrected chi connectivity index (χ1v) is 5.48. The van der Waals surface area contributed by atoms with Gasteiger partial charge in [0.25, 0.3) is 5.88 Å². The summed E-state index contributed by atoms with van der Waals surface area (Å²) in [7, 11) is 0. The SMILES string of the molecule is N#Cc1ccccc1Oc1ncc(Br)cc1F. The molecule has 17 heavy (non-hydrogen) atoms. The number of hydrogen-bond donors (Lipinski definition) is 0. The van der Waals surface area contributed by atoms with Crippen molar-refractivity contribution in [3.63, 3.8) is 0 Å². The second-order valence-corrected chi connectivity index (χ2v) is 4.07. The Morgan fingerprint density at radius 2 is 2.12 bits per heavy atom. The van der Waals surface area contributed by atoms with Crippen molar-refractivity contribution in [2.24, 2.45) is 0 Å². The maximum absolute atomic E-state index is 13.5. The Kier molecular flexibility index (Phi) is 3.35. The zero-order chi connectivity index (χ0) is 12.3. The minimum absolute atomic E-state index is 0.157. The molecule has 0 N–H and O–H groups in total. The van der Waals surface area contributed by atoms with E-state index < -0.39 is 5.82 Å². The summed E-state index contributed by atoms with van der Waals surface area (Å²) >= 11 is 3.10. The largest absolute Gasteiger partial charge is 0.435 e. The molecule has 0 aliphatic heterocycles. The standard InChI is InChI=1S/C12H6BrFN2O/c13-9-5-10(14)12(16-7-9)17-11-4-2-1-3-8(11)6-15/h1-5,7H. The summed E-state index contributed by atoms with van der Waals surface area (Å²) in [6.45, 7) is 0. The molecule has 1 aromatic carbocycles. The lowest BCUT2D eigenvalue weighted by Gasteiger charge is -2.06. The molecule has 5 heteroatoms. The molecule has 1 heterocycles. The van der Waals surface area contributed by atoms with Gasteiger partial charge in [-0.25, -0.2) is 9.37 Å². The number of pyridine rings is 1. The molecule has 0 saturated heterocycles. The average Bonchev–Trinajstić information content (AvgIpc) is 2.33. The van der Waals surface area contributed by atoms with Crippen molar-refractivity contribution in [3.8, 4) is 17.7 Å². The first-order valence-electron chi connectivity index (χ1n) is 4.69. The van der Waals surface area contributed by atoms with Gasteiger partial charge in [-0.1, -0.05) is 12.1 Å². The number of rotatable bonds is 2. The van der Waals surface area contributed by atoms with E-state index in [1.165, 1.54) is 12.3 Å². The molecule has 0 unspecified atom stereocenters. The Hall–Kier alpha value is -1.93. The third-order valence-corrected chi connectivity index (χ3v) is 2.42. The van der Waals surface area contributed by atoms with E-state index in [2.05, 4.69) is 20.9 Å². The second kappa shape index (κ2) is 4.93. The van der Waals surface area contributed by atoms with Crippen molar-refractivity contribution in [2.75, 3.05) is 0 Å². The monoisotopic (exact) mass is 292 g/mol. The summed E-state index contributed by atoms with van der Waals surface area (Å²) in [6, 6.07) is 9.79. The van der Waals surface area contributed by atoms with Crippen LogP contribution in [0, 0.1) is 17.1 Å². The number of ether oxygens (including phenoxy) is 1. The molecule has 0 bridgehead atoms. The number of hydrogen-bond acceptors (Lipinski definition) is 3. The number of aromatic nitrogens is 1. The first-order chi connectivity index (χ1) is 8.20. The molecule has 0 aliphatic carbocycles. The summed E-state index contributed by atoms with van der Waals surface area (Å²) in [6.07, 6.45) is 1.42. The highest BCUT2D eigenvalue weighted by molar-refractivity contribution is 9.10. The number of benzene rings is 1. The lowest BCUT2D eigenvalue weighted by atomic mass is 10.2. The van der Waals surface area contributed by atoms with E-state index in [1.807, 2.05) is 6.07 Å². The van der Waals surface area contributed by atoms with E-state index in [0.717, 1.165) is 0 Å². The highest BCUT2D eigenvalue weighted by Crippen LogP contribution is 2.26. The Morgan fingerprint density at radius 1 is 1.35 bits per heavy atom. The van der Waals surface area contributed by atoms with Gasteiger partial charge in [-0.2, -0.15) is 5.26 Å². The maximum atomic E-state index is 13.5. The molecule has 0 radical (unpaired) electrons. The molecule has 0 amide bonds. The van der Waals surface area contributed by atoms with Crippen LogP contribution < -0.4 is 4.74 Å². The molecule has 84 valence electrons. The third-order valence-electron chi connectivity index (χ3n) is 1.99. The predicted molar refractivity (Wildman–Crippen MR) is 63.1 cm³/mol. The summed E-state index contributed by atoms with van der Waals surface area (Å²) in [5.41, 5.74) is 0.330. The van der Waals surface area contributed by atoms with Crippen LogP contribution >= 0.6 is 15.9 Å². The fourth-order valence-corrected chi connectivity index (χ4v) is 1.53. The van der Waals surface area contributed by atoms with Gasteiger partial charge in [-0.15, -0.1) is 0 Å². The van der Waals surface area contributed by atoms with E-state index in [9.17, 15) is 4.39 Å². The fraction of sp³-hybridized carbons (Fsp3) is 0. The minimum atomic E-state index is -0.591. The molecule has 0 fully saturated rings. The summed E-state index contributed by atoms with van der Waals surface area (Å²) in [5.74, 6) is -0.466. The molecule has 0 spiro atoms. The molecular formula is C12H6BrFN2O. The van der Waals surface area contributed by atoms with Crippen LogP contribution in [0.1, 0.15) is 5.56 Å². The van der Waals surface area contributed by atoms with Crippen LogP contribution in [0.2, 0.25) is 0 Å². The smallest absolute Gasteiger partial charge is 0.255 e. The number of para-hydroxylation sites is 1. The first kappa shape index (κ1) is 11.6. The van der Waals surface area contributed by atoms with Crippen LogP contribution in [0.4, 0.5) is 4.39 Å². The van der Waals surface area contributed by atoms with Crippen molar-refractivity contribution in [2.45, 2.75) is 0 Å². The average molecular weight is 293 g/mol. The summed E-state index contributed by atoms with van der Waals surface area (Å²) in [5, 5.41) is 8.86. The van der Waals surface area contributed by atoms with Crippen molar-refractivity contribution in [3.05, 3.63) is 52.4 Å². The Labute approximate surface area is 106 Å². The molecule has 3 nitrogen and oxygen atoms in total. The van der Waals surface area contributed by atoms with Gasteiger partial charge in [-0.05, 0) is 34.1 Å². The predicted octanol–water partition coefficient (Wildman–Crippen LogP) is 3.65. The van der Waals surface area contributed by atoms with Crippen molar-refractivity contribution >= 4 is 15.9 Å². The van der Waals surface area contributed by atoms with Crippen molar-refractivity contribution in [1.29, 1.82) is 5.26 Å². The maximum Gasteiger partial charge on any atom is 0.255 e. The Balaban J connectivity index is 2.35. The second-order valence-electron chi connectivity index (χ2n) is 3.15. The highest BCUT2D eigenvalue weighted by atomic mass is 79.9. The highest BCUT2D eigenvalue weighted by Gasteiger charge is 2.09. The van der Waals surface area contributed by atoms with E-state index in [-0.39, 0.29) is 11.6 Å². The minimum Gasteiger partial charge on any atom is -0.435 e. The van der Waals surface area contributed by atoms with Gasteiger partial charge in [0.05, 0.1) is 5.56 Å². The van der Waals surface area contributed by atoms with Gasteiger partial charge in [-0.3, -0.25) is 0 Å². The van der Waals surface area contributed by atoms with Gasteiger partial charge in [0.15, 0.2) is 5.82 Å². The molecule has 2 aromatic rings. The van der Waals surface area contributed by atoms with Crippen molar-refractivity contribution in [1.82, 2.24) is 4.98 Å². The van der Waals surface area contributed by atoms with E-state index >= 15 is 0 Å². The lowest BCUT2D eigenvalue weighted by molar-refractivity contribution is 0.421. The van der Waals surface area contributed by atoms with Gasteiger partial charge < -0.3 is 4.74 Å².